The molecule has 0 aliphatic carbocycles. The third kappa shape index (κ3) is 4.90. The fourth-order valence-electron chi connectivity index (χ4n) is 3.06. The fourth-order valence-corrected chi connectivity index (χ4v) is 3.50. The molecule has 1 aliphatic heterocycles. The number of piperidine rings is 1. The van der Waals surface area contributed by atoms with Crippen LogP contribution in [0.4, 0.5) is 0 Å². The standard InChI is InChI=1S/C20H20ClN3OS/c21-17-9-6-15(7-10-17)8-11-19(25)23-20(26)24-13-2-1-5-18(24)16-4-3-12-22-14-16/h3-4,6-12,14,18H,1-2,5,13H2,(H,23,25,26)/t18-/m1/s1. The minimum atomic E-state index is -0.236. The van der Waals surface area contributed by atoms with Crippen LogP contribution >= 0.6 is 23.8 Å². The van der Waals surface area contributed by atoms with Crippen LogP contribution < -0.4 is 5.32 Å². The highest BCUT2D eigenvalue weighted by Gasteiger charge is 2.26. The van der Waals surface area contributed by atoms with E-state index in [1.54, 1.807) is 24.4 Å². The number of nitrogens with one attached hydrogen (secondary N) is 1. The van der Waals surface area contributed by atoms with Gasteiger partial charge in [0.2, 0.25) is 5.91 Å². The maximum Gasteiger partial charge on any atom is 0.250 e. The lowest BCUT2D eigenvalue weighted by atomic mass is 9.97. The number of likely N-dealkylation sites (tertiary alicyclic amines) is 1. The molecule has 1 saturated heterocycles. The van der Waals surface area contributed by atoms with Gasteiger partial charge in [-0.1, -0.05) is 29.8 Å². The number of aromatic nitrogens is 1. The van der Waals surface area contributed by atoms with E-state index in [2.05, 4.69) is 21.3 Å². The van der Waals surface area contributed by atoms with Crippen molar-refractivity contribution in [1.82, 2.24) is 15.2 Å². The van der Waals surface area contributed by atoms with E-state index in [9.17, 15) is 4.79 Å². The van der Waals surface area contributed by atoms with Crippen LogP contribution in [0.25, 0.3) is 6.08 Å². The topological polar surface area (TPSA) is 45.2 Å². The second-order valence-corrected chi connectivity index (χ2v) is 6.99. The van der Waals surface area contributed by atoms with Crippen LogP contribution in [0, 0.1) is 0 Å². The molecule has 1 aromatic carbocycles. The Morgan fingerprint density at radius 1 is 1.27 bits per heavy atom. The Hall–Kier alpha value is -2.24. The van der Waals surface area contributed by atoms with E-state index in [4.69, 9.17) is 23.8 Å². The van der Waals surface area contributed by atoms with Crippen molar-refractivity contribution in [3.63, 3.8) is 0 Å². The van der Waals surface area contributed by atoms with E-state index < -0.39 is 0 Å². The summed E-state index contributed by atoms with van der Waals surface area (Å²) in [5.41, 5.74) is 2.03. The normalized spacial score (nSPS) is 17.3. The minimum absolute atomic E-state index is 0.158. The average Bonchev–Trinajstić information content (AvgIpc) is 2.68. The van der Waals surface area contributed by atoms with Crippen molar-refractivity contribution in [2.24, 2.45) is 0 Å². The highest BCUT2D eigenvalue weighted by Crippen LogP contribution is 2.30. The summed E-state index contributed by atoms with van der Waals surface area (Å²) >= 11 is 11.4. The lowest BCUT2D eigenvalue weighted by Gasteiger charge is -2.37. The lowest BCUT2D eigenvalue weighted by molar-refractivity contribution is -0.115. The Bertz CT molecular complexity index is 792. The van der Waals surface area contributed by atoms with Gasteiger partial charge in [-0.2, -0.15) is 0 Å². The summed E-state index contributed by atoms with van der Waals surface area (Å²) in [6.07, 6.45) is 10.1. The average molecular weight is 386 g/mol. The molecule has 0 unspecified atom stereocenters. The fraction of sp³-hybridized carbons (Fsp3) is 0.250. The number of rotatable bonds is 3. The first-order valence-electron chi connectivity index (χ1n) is 8.58. The van der Waals surface area contributed by atoms with Crippen LogP contribution in [0.3, 0.4) is 0 Å². The number of carbonyl (C=O) groups excluding carboxylic acids is 1. The van der Waals surface area contributed by atoms with Crippen LogP contribution in [0.2, 0.25) is 5.02 Å². The molecule has 6 heteroatoms. The predicted octanol–water partition coefficient (Wildman–Crippen LogP) is 4.38. The molecule has 0 bridgehead atoms. The number of carbonyl (C=O) groups is 1. The molecule has 2 heterocycles. The van der Waals surface area contributed by atoms with Gasteiger partial charge in [0.1, 0.15) is 0 Å². The SMILES string of the molecule is O=C(C=Cc1ccc(Cl)cc1)NC(=S)N1CCCC[C@@H]1c1cccnc1. The number of pyridine rings is 1. The Labute approximate surface area is 163 Å². The van der Waals surface area contributed by atoms with Crippen molar-refractivity contribution in [3.8, 4) is 0 Å². The molecule has 1 aliphatic rings. The van der Waals surface area contributed by atoms with Gasteiger partial charge in [0, 0.05) is 30.0 Å². The zero-order chi connectivity index (χ0) is 18.4. The van der Waals surface area contributed by atoms with E-state index in [-0.39, 0.29) is 11.9 Å². The van der Waals surface area contributed by atoms with Crippen LogP contribution in [0.5, 0.6) is 0 Å². The van der Waals surface area contributed by atoms with Crippen LogP contribution in [-0.4, -0.2) is 27.4 Å². The van der Waals surface area contributed by atoms with Gasteiger partial charge in [-0.3, -0.25) is 15.1 Å². The molecule has 0 spiro atoms. The third-order valence-electron chi connectivity index (χ3n) is 4.36. The molecule has 3 rings (SSSR count). The molecule has 1 aromatic heterocycles. The van der Waals surface area contributed by atoms with Crippen LogP contribution in [0.15, 0.2) is 54.9 Å². The second-order valence-electron chi connectivity index (χ2n) is 6.17. The summed E-state index contributed by atoms with van der Waals surface area (Å²) < 4.78 is 0. The van der Waals surface area contributed by atoms with E-state index in [1.807, 2.05) is 24.4 Å². The van der Waals surface area contributed by atoms with E-state index in [1.165, 1.54) is 6.08 Å². The smallest absolute Gasteiger partial charge is 0.250 e. The molecule has 0 saturated carbocycles. The Morgan fingerprint density at radius 3 is 2.81 bits per heavy atom. The largest absolute Gasteiger partial charge is 0.342 e. The first-order chi connectivity index (χ1) is 12.6. The summed E-state index contributed by atoms with van der Waals surface area (Å²) in [4.78, 5) is 18.5. The van der Waals surface area contributed by atoms with E-state index in [0.29, 0.717) is 10.1 Å². The number of hydrogen-bond acceptors (Lipinski definition) is 3. The molecule has 1 atom stereocenters. The van der Waals surface area contributed by atoms with Crippen molar-refractivity contribution >= 4 is 40.9 Å². The molecular weight excluding hydrogens is 366 g/mol. The van der Waals surface area contributed by atoms with Gasteiger partial charge < -0.3 is 4.90 Å². The molecule has 0 radical (unpaired) electrons. The summed E-state index contributed by atoms with van der Waals surface area (Å²) in [7, 11) is 0. The van der Waals surface area contributed by atoms with Crippen molar-refractivity contribution < 1.29 is 4.79 Å². The zero-order valence-corrected chi connectivity index (χ0v) is 15.8. The van der Waals surface area contributed by atoms with Crippen molar-refractivity contribution in [1.29, 1.82) is 0 Å². The van der Waals surface area contributed by atoms with Crippen molar-refractivity contribution in [3.05, 3.63) is 71.0 Å². The molecule has 1 amide bonds. The van der Waals surface area contributed by atoms with Gasteiger partial charge in [0.05, 0.1) is 6.04 Å². The Morgan fingerprint density at radius 2 is 2.08 bits per heavy atom. The molecule has 4 nitrogen and oxygen atoms in total. The number of amides is 1. The number of benzene rings is 1. The summed E-state index contributed by atoms with van der Waals surface area (Å²) in [5.74, 6) is -0.236. The number of hydrogen-bond donors (Lipinski definition) is 1. The monoisotopic (exact) mass is 385 g/mol. The van der Waals surface area contributed by atoms with Crippen LogP contribution in [0.1, 0.15) is 36.4 Å². The minimum Gasteiger partial charge on any atom is -0.342 e. The second kappa shape index (κ2) is 8.92. The molecule has 134 valence electrons. The molecule has 1 fully saturated rings. The molecule has 1 N–H and O–H groups in total. The van der Waals surface area contributed by atoms with Gasteiger partial charge in [-0.15, -0.1) is 0 Å². The Kier molecular flexibility index (Phi) is 6.36. The first-order valence-corrected chi connectivity index (χ1v) is 9.37. The number of halogens is 1. The van der Waals surface area contributed by atoms with Crippen LogP contribution in [-0.2, 0) is 4.79 Å². The molecule has 26 heavy (non-hydrogen) atoms. The summed E-state index contributed by atoms with van der Waals surface area (Å²) in [6, 6.07) is 11.4. The third-order valence-corrected chi connectivity index (χ3v) is 4.95. The maximum absolute atomic E-state index is 12.2. The van der Waals surface area contributed by atoms with Gasteiger partial charge in [0.25, 0.3) is 0 Å². The summed E-state index contributed by atoms with van der Waals surface area (Å²) in [6.45, 7) is 0.833. The van der Waals surface area contributed by atoms with Gasteiger partial charge in [0.15, 0.2) is 5.11 Å². The maximum atomic E-state index is 12.2. The highest BCUT2D eigenvalue weighted by atomic mass is 35.5. The quantitative estimate of drug-likeness (QED) is 0.629. The molecule has 2 aromatic rings. The van der Waals surface area contributed by atoms with Gasteiger partial charge in [-0.25, -0.2) is 0 Å². The zero-order valence-electron chi connectivity index (χ0n) is 14.3. The van der Waals surface area contributed by atoms with E-state index >= 15 is 0 Å². The number of thiocarbonyl (C=S) groups is 1. The first kappa shape index (κ1) is 18.5. The van der Waals surface area contributed by atoms with Gasteiger partial charge in [-0.05, 0) is 66.9 Å². The van der Waals surface area contributed by atoms with E-state index in [0.717, 1.165) is 36.9 Å². The lowest BCUT2D eigenvalue weighted by Crippen LogP contribution is -2.46. The van der Waals surface area contributed by atoms with Crippen molar-refractivity contribution in [2.45, 2.75) is 25.3 Å². The molecular formula is C20H20ClN3OS. The highest BCUT2D eigenvalue weighted by molar-refractivity contribution is 7.80. The Balaban J connectivity index is 1.63. The van der Waals surface area contributed by atoms with Gasteiger partial charge >= 0.3 is 0 Å². The predicted molar refractivity (Wildman–Crippen MR) is 109 cm³/mol. The number of nitrogens with zero attached hydrogens (tertiary/aromatic N) is 2. The summed E-state index contributed by atoms with van der Waals surface area (Å²) in [5, 5.41) is 3.94. The van der Waals surface area contributed by atoms with Crippen molar-refractivity contribution in [2.75, 3.05) is 6.54 Å².